The number of anilines is 1. The Labute approximate surface area is 176 Å². The number of ether oxygens (including phenoxy) is 1. The molecule has 4 aromatic rings. The van der Waals surface area contributed by atoms with Crippen LogP contribution in [0.1, 0.15) is 11.3 Å². The van der Waals surface area contributed by atoms with Crippen LogP contribution in [0.5, 0.6) is 5.75 Å². The fourth-order valence-electron chi connectivity index (χ4n) is 3.22. The highest BCUT2D eigenvalue weighted by Crippen LogP contribution is 2.29. The van der Waals surface area contributed by atoms with Crippen LogP contribution < -0.4 is 15.6 Å². The van der Waals surface area contributed by atoms with Gasteiger partial charge in [0.2, 0.25) is 5.91 Å². The number of methoxy groups -OCH3 is 1. The first-order chi connectivity index (χ1) is 14.9. The number of fused-ring (bicyclic) bond motifs is 1. The van der Waals surface area contributed by atoms with Crippen LogP contribution in [0.2, 0.25) is 0 Å². The topological polar surface area (TPSA) is 99.2 Å². The second kappa shape index (κ2) is 8.02. The first-order valence-electron chi connectivity index (χ1n) is 9.45. The summed E-state index contributed by atoms with van der Waals surface area (Å²) >= 11 is 0. The van der Waals surface area contributed by atoms with E-state index in [1.54, 1.807) is 57.4 Å². The molecule has 9 heteroatoms. The summed E-state index contributed by atoms with van der Waals surface area (Å²) in [6, 6.07) is 11.5. The first kappa shape index (κ1) is 20.3. The van der Waals surface area contributed by atoms with Crippen molar-refractivity contribution in [1.82, 2.24) is 14.9 Å². The van der Waals surface area contributed by atoms with Gasteiger partial charge in [-0.25, -0.2) is 9.07 Å². The maximum atomic E-state index is 13.8. The smallest absolute Gasteiger partial charge is 0.297 e. The lowest BCUT2D eigenvalue weighted by Crippen LogP contribution is -2.30. The Kier molecular flexibility index (Phi) is 5.24. The first-order valence-corrected chi connectivity index (χ1v) is 9.45. The number of carbonyl (C=O) groups excluding carboxylic acids is 1. The van der Waals surface area contributed by atoms with Gasteiger partial charge in [-0.3, -0.25) is 9.59 Å². The number of nitrogens with one attached hydrogen (secondary N) is 1. The Morgan fingerprint density at radius 2 is 2.03 bits per heavy atom. The van der Waals surface area contributed by atoms with E-state index in [0.717, 1.165) is 4.68 Å². The van der Waals surface area contributed by atoms with E-state index in [9.17, 15) is 14.0 Å². The number of rotatable bonds is 5. The summed E-state index contributed by atoms with van der Waals surface area (Å²) in [5.74, 6) is 0.0736. The fourth-order valence-corrected chi connectivity index (χ4v) is 3.22. The van der Waals surface area contributed by atoms with Crippen molar-refractivity contribution < 1.29 is 18.4 Å². The molecule has 0 saturated heterocycles. The van der Waals surface area contributed by atoms with Crippen molar-refractivity contribution in [3.63, 3.8) is 0 Å². The van der Waals surface area contributed by atoms with E-state index in [2.05, 4.69) is 15.6 Å². The van der Waals surface area contributed by atoms with Crippen LogP contribution in [0.3, 0.4) is 0 Å². The van der Waals surface area contributed by atoms with E-state index in [4.69, 9.17) is 9.26 Å². The van der Waals surface area contributed by atoms with Crippen molar-refractivity contribution in [1.29, 1.82) is 0 Å². The molecule has 1 N–H and O–H groups in total. The zero-order valence-electron chi connectivity index (χ0n) is 17.1. The summed E-state index contributed by atoms with van der Waals surface area (Å²) in [7, 11) is 1.55. The molecule has 4 rings (SSSR count). The molecule has 0 radical (unpaired) electrons. The van der Waals surface area contributed by atoms with Crippen LogP contribution in [-0.2, 0) is 11.3 Å². The number of aromatic nitrogens is 3. The van der Waals surface area contributed by atoms with Crippen molar-refractivity contribution in [3.8, 4) is 17.0 Å². The lowest BCUT2D eigenvalue weighted by atomic mass is 10.1. The average molecular weight is 422 g/mol. The number of amides is 1. The highest BCUT2D eigenvalue weighted by atomic mass is 19.1. The van der Waals surface area contributed by atoms with Gasteiger partial charge in [0.1, 0.15) is 29.6 Å². The monoisotopic (exact) mass is 422 g/mol. The molecule has 0 unspecified atom stereocenters. The Morgan fingerprint density at radius 1 is 1.23 bits per heavy atom. The number of hydrogen-bond acceptors (Lipinski definition) is 6. The summed E-state index contributed by atoms with van der Waals surface area (Å²) in [5.41, 5.74) is 1.35. The second-order valence-electron chi connectivity index (χ2n) is 7.02. The van der Waals surface area contributed by atoms with Crippen LogP contribution in [0, 0.1) is 19.7 Å². The number of benzene rings is 2. The summed E-state index contributed by atoms with van der Waals surface area (Å²) < 4.78 is 25.3. The molecule has 2 aromatic heterocycles. The van der Waals surface area contributed by atoms with Crippen LogP contribution >= 0.6 is 0 Å². The molecular formula is C22H19FN4O4. The molecule has 31 heavy (non-hydrogen) atoms. The molecule has 0 saturated carbocycles. The van der Waals surface area contributed by atoms with E-state index in [0.29, 0.717) is 33.7 Å². The molecule has 0 aliphatic rings. The maximum Gasteiger partial charge on any atom is 0.297 e. The summed E-state index contributed by atoms with van der Waals surface area (Å²) in [6.45, 7) is 2.93. The minimum atomic E-state index is -0.566. The number of nitrogens with zero attached hydrogens (tertiary/aromatic N) is 3. The van der Waals surface area contributed by atoms with E-state index >= 15 is 0 Å². The van der Waals surface area contributed by atoms with Crippen LogP contribution in [0.15, 0.2) is 51.8 Å². The molecule has 0 aliphatic heterocycles. The summed E-state index contributed by atoms with van der Waals surface area (Å²) in [5, 5.41) is 11.3. The summed E-state index contributed by atoms with van der Waals surface area (Å²) in [4.78, 5) is 25.4. The predicted molar refractivity (Wildman–Crippen MR) is 113 cm³/mol. The molecule has 158 valence electrons. The number of carbonyl (C=O) groups is 1. The third kappa shape index (κ3) is 3.89. The zero-order valence-corrected chi connectivity index (χ0v) is 17.1. The van der Waals surface area contributed by atoms with E-state index in [1.807, 2.05) is 0 Å². The molecule has 2 aromatic carbocycles. The molecule has 0 bridgehead atoms. The SMILES string of the molecule is COc1cccc(-c2nn(CC(=O)Nc3ccc(C)c(F)c3)c(=O)c3noc(C)c23)c1. The Balaban J connectivity index is 1.74. The van der Waals surface area contributed by atoms with Crippen LogP contribution in [0.25, 0.3) is 22.2 Å². The lowest BCUT2D eigenvalue weighted by Gasteiger charge is -2.10. The van der Waals surface area contributed by atoms with Gasteiger partial charge in [0.15, 0.2) is 5.52 Å². The number of halogens is 1. The fraction of sp³-hybridized carbons (Fsp3) is 0.182. The van der Waals surface area contributed by atoms with Gasteiger partial charge in [0.25, 0.3) is 5.56 Å². The van der Waals surface area contributed by atoms with Crippen molar-refractivity contribution in [2.45, 2.75) is 20.4 Å². The van der Waals surface area contributed by atoms with E-state index in [-0.39, 0.29) is 17.7 Å². The molecule has 0 fully saturated rings. The third-order valence-electron chi connectivity index (χ3n) is 4.85. The van der Waals surface area contributed by atoms with Gasteiger partial charge in [-0.05, 0) is 43.7 Å². The van der Waals surface area contributed by atoms with Gasteiger partial charge in [-0.15, -0.1) is 0 Å². The van der Waals surface area contributed by atoms with Gasteiger partial charge in [-0.1, -0.05) is 23.4 Å². The Bertz CT molecular complexity index is 1360. The Morgan fingerprint density at radius 3 is 2.77 bits per heavy atom. The van der Waals surface area contributed by atoms with E-state index in [1.165, 1.54) is 6.07 Å². The van der Waals surface area contributed by atoms with Gasteiger partial charge in [0, 0.05) is 11.3 Å². The largest absolute Gasteiger partial charge is 0.497 e. The minimum Gasteiger partial charge on any atom is -0.497 e. The zero-order chi connectivity index (χ0) is 22.1. The predicted octanol–water partition coefficient (Wildman–Crippen LogP) is 3.45. The summed E-state index contributed by atoms with van der Waals surface area (Å²) in [6.07, 6.45) is 0. The highest BCUT2D eigenvalue weighted by molar-refractivity contribution is 5.94. The highest BCUT2D eigenvalue weighted by Gasteiger charge is 2.20. The average Bonchev–Trinajstić information content (AvgIpc) is 3.15. The standard InChI is InChI=1S/C22H19FN4O4/c1-12-7-8-15(10-17(12)23)24-18(28)11-27-22(29)21-19(13(2)31-26-21)20(25-27)14-5-4-6-16(9-14)30-3/h4-10H,11H2,1-3H3,(H,24,28). The van der Waals surface area contributed by atoms with Gasteiger partial charge < -0.3 is 14.6 Å². The second-order valence-corrected chi connectivity index (χ2v) is 7.02. The molecular weight excluding hydrogens is 403 g/mol. The minimum absolute atomic E-state index is 0.0690. The maximum absolute atomic E-state index is 13.8. The molecule has 1 amide bonds. The quantitative estimate of drug-likeness (QED) is 0.529. The molecule has 8 nitrogen and oxygen atoms in total. The van der Waals surface area contributed by atoms with Gasteiger partial charge in [-0.2, -0.15) is 5.10 Å². The normalized spacial score (nSPS) is 11.0. The van der Waals surface area contributed by atoms with Gasteiger partial charge in [0.05, 0.1) is 12.5 Å². The van der Waals surface area contributed by atoms with Crippen LogP contribution in [0.4, 0.5) is 10.1 Å². The molecule has 2 heterocycles. The molecule has 0 atom stereocenters. The Hall–Kier alpha value is -4.01. The third-order valence-corrected chi connectivity index (χ3v) is 4.85. The van der Waals surface area contributed by atoms with Crippen LogP contribution in [-0.4, -0.2) is 28.0 Å². The van der Waals surface area contributed by atoms with Crippen molar-refractivity contribution in [2.24, 2.45) is 0 Å². The van der Waals surface area contributed by atoms with Crippen molar-refractivity contribution in [3.05, 3.63) is 70.0 Å². The number of hydrogen-bond donors (Lipinski definition) is 1. The van der Waals surface area contributed by atoms with Gasteiger partial charge >= 0.3 is 0 Å². The number of aryl methyl sites for hydroxylation is 2. The molecule has 0 spiro atoms. The van der Waals surface area contributed by atoms with E-state index < -0.39 is 17.3 Å². The molecule has 0 aliphatic carbocycles. The van der Waals surface area contributed by atoms with Crippen molar-refractivity contribution >= 4 is 22.5 Å². The van der Waals surface area contributed by atoms with Crippen molar-refractivity contribution in [2.75, 3.05) is 12.4 Å². The lowest BCUT2D eigenvalue weighted by molar-refractivity contribution is -0.117.